The van der Waals surface area contributed by atoms with E-state index >= 15 is 0 Å². The fraction of sp³-hybridized carbons (Fsp3) is 0.467. The Morgan fingerprint density at radius 3 is 2.14 bits per heavy atom. The monoisotopic (exact) mass is 596 g/mol. The molecule has 2 saturated heterocycles. The van der Waals surface area contributed by atoms with E-state index in [2.05, 4.69) is 10.6 Å². The lowest BCUT2D eigenvalue weighted by Crippen LogP contribution is -2.61. The van der Waals surface area contributed by atoms with Gasteiger partial charge in [0.1, 0.15) is 35.9 Å². The number of nitrogens with two attached hydrogens (primary N) is 1. The van der Waals surface area contributed by atoms with Gasteiger partial charge in [-0.1, -0.05) is 24.3 Å². The summed E-state index contributed by atoms with van der Waals surface area (Å²) in [4.78, 5) is 43.0. The number of phenols is 2. The van der Waals surface area contributed by atoms with Crippen LogP contribution in [0.15, 0.2) is 48.5 Å². The SMILES string of the molecule is N=C(N)N1CCC[C@@H](NC(=O)[C@@H]2CCCN2C(=O)[C@@H](Cc2ccc(O)cc2)NC(=O)[C@@H](O)CCc2ccc(O)cc2)[C@H]1O. The Morgan fingerprint density at radius 2 is 1.51 bits per heavy atom. The topological polar surface area (TPSA) is 213 Å². The lowest BCUT2D eigenvalue weighted by Gasteiger charge is -2.39. The number of hydrogen-bond acceptors (Lipinski definition) is 8. The number of likely N-dealkylation sites (tertiary alicyclic amines) is 2. The third kappa shape index (κ3) is 8.14. The Morgan fingerprint density at radius 1 is 0.930 bits per heavy atom. The lowest BCUT2D eigenvalue weighted by molar-refractivity contribution is -0.143. The molecule has 0 radical (unpaired) electrons. The van der Waals surface area contributed by atoms with Crippen molar-refractivity contribution in [2.75, 3.05) is 13.1 Å². The number of rotatable bonds is 10. The summed E-state index contributed by atoms with van der Waals surface area (Å²) in [5, 5.41) is 53.5. The molecule has 9 N–H and O–H groups in total. The first-order chi connectivity index (χ1) is 20.5. The van der Waals surface area contributed by atoms with Crippen LogP contribution in [0.1, 0.15) is 43.2 Å². The molecule has 43 heavy (non-hydrogen) atoms. The molecule has 5 atom stereocenters. The van der Waals surface area contributed by atoms with E-state index in [1.54, 1.807) is 24.3 Å². The largest absolute Gasteiger partial charge is 0.508 e. The van der Waals surface area contributed by atoms with Crippen molar-refractivity contribution in [1.29, 1.82) is 5.41 Å². The maximum atomic E-state index is 13.9. The summed E-state index contributed by atoms with van der Waals surface area (Å²) in [5.41, 5.74) is 7.04. The van der Waals surface area contributed by atoms with Crippen LogP contribution in [-0.4, -0.2) is 97.5 Å². The van der Waals surface area contributed by atoms with Crippen molar-refractivity contribution in [3.8, 4) is 11.5 Å². The molecule has 2 heterocycles. The second-order valence-corrected chi connectivity index (χ2v) is 11.1. The van der Waals surface area contributed by atoms with E-state index in [0.29, 0.717) is 44.2 Å². The molecule has 0 aromatic heterocycles. The number of guanidine groups is 1. The first-order valence-corrected chi connectivity index (χ1v) is 14.5. The molecule has 2 aliphatic heterocycles. The average molecular weight is 597 g/mol. The minimum atomic E-state index is -1.40. The highest BCUT2D eigenvalue weighted by Gasteiger charge is 2.40. The van der Waals surface area contributed by atoms with Crippen LogP contribution in [0, 0.1) is 5.41 Å². The third-order valence-corrected chi connectivity index (χ3v) is 8.01. The number of benzene rings is 2. The fourth-order valence-electron chi connectivity index (χ4n) is 5.60. The molecular weight excluding hydrogens is 556 g/mol. The first kappa shape index (κ1) is 31.6. The highest BCUT2D eigenvalue weighted by Crippen LogP contribution is 2.22. The maximum absolute atomic E-state index is 13.9. The van der Waals surface area contributed by atoms with Crippen molar-refractivity contribution in [1.82, 2.24) is 20.4 Å². The summed E-state index contributed by atoms with van der Waals surface area (Å²) >= 11 is 0. The molecule has 13 heteroatoms. The van der Waals surface area contributed by atoms with Crippen molar-refractivity contribution in [2.45, 2.75) is 75.4 Å². The Hall–Kier alpha value is -4.36. The van der Waals surface area contributed by atoms with Crippen LogP contribution in [0.5, 0.6) is 11.5 Å². The van der Waals surface area contributed by atoms with Gasteiger partial charge in [0.25, 0.3) is 0 Å². The molecule has 13 nitrogen and oxygen atoms in total. The maximum Gasteiger partial charge on any atom is 0.249 e. The number of nitrogens with zero attached hydrogens (tertiary/aromatic N) is 2. The summed E-state index contributed by atoms with van der Waals surface area (Å²) < 4.78 is 0. The predicted octanol–water partition coefficient (Wildman–Crippen LogP) is -0.0977. The van der Waals surface area contributed by atoms with Gasteiger partial charge in [-0.3, -0.25) is 19.8 Å². The van der Waals surface area contributed by atoms with E-state index in [0.717, 1.165) is 5.56 Å². The number of amides is 3. The van der Waals surface area contributed by atoms with E-state index in [4.69, 9.17) is 11.1 Å². The van der Waals surface area contributed by atoms with Crippen molar-refractivity contribution >= 4 is 23.7 Å². The summed E-state index contributed by atoms with van der Waals surface area (Å²) in [5.74, 6) is -1.79. The van der Waals surface area contributed by atoms with Crippen molar-refractivity contribution in [2.24, 2.45) is 5.73 Å². The van der Waals surface area contributed by atoms with Gasteiger partial charge in [0.05, 0.1) is 6.04 Å². The molecule has 0 spiro atoms. The van der Waals surface area contributed by atoms with Crippen molar-refractivity contribution < 1.29 is 34.8 Å². The van der Waals surface area contributed by atoms with Crippen LogP contribution in [0.4, 0.5) is 0 Å². The van der Waals surface area contributed by atoms with Crippen LogP contribution in [0.3, 0.4) is 0 Å². The quantitative estimate of drug-likeness (QED) is 0.136. The zero-order valence-electron chi connectivity index (χ0n) is 23.9. The van der Waals surface area contributed by atoms with Crippen molar-refractivity contribution in [3.05, 3.63) is 59.7 Å². The van der Waals surface area contributed by atoms with E-state index in [9.17, 15) is 34.8 Å². The summed E-state index contributed by atoms with van der Waals surface area (Å²) in [7, 11) is 0. The molecule has 0 saturated carbocycles. The molecule has 0 aliphatic carbocycles. The van der Waals surface area contributed by atoms with Crippen LogP contribution in [-0.2, 0) is 27.2 Å². The van der Waals surface area contributed by atoms with E-state index < -0.39 is 48.2 Å². The van der Waals surface area contributed by atoms with Gasteiger partial charge >= 0.3 is 0 Å². The molecule has 232 valence electrons. The standard InChI is InChI=1S/C30H40N6O7/c31-30(32)36-16-1-3-22(28(36)42)33-26(40)24-4-2-15-35(24)29(43)23(17-19-7-12-21(38)13-8-19)34-27(41)25(39)14-9-18-5-10-20(37)11-6-18/h5-8,10-13,22-25,28,37-39,42H,1-4,9,14-17H2,(H3,31,32)(H,33,40)(H,34,41)/t22-,23-,24+,25+,28-/m1/s1. The summed E-state index contributed by atoms with van der Waals surface area (Å²) in [6, 6.07) is 10.0. The first-order valence-electron chi connectivity index (χ1n) is 14.5. The zero-order valence-corrected chi connectivity index (χ0v) is 23.9. The number of piperidine rings is 1. The minimum absolute atomic E-state index is 0.0461. The van der Waals surface area contributed by atoms with Gasteiger partial charge in [-0.2, -0.15) is 0 Å². The van der Waals surface area contributed by atoms with Crippen molar-refractivity contribution in [3.63, 3.8) is 0 Å². The number of aromatic hydroxyl groups is 2. The van der Waals surface area contributed by atoms with E-state index in [1.807, 2.05) is 0 Å². The Labute approximate surface area is 249 Å². The average Bonchev–Trinajstić information content (AvgIpc) is 3.48. The normalized spacial score (nSPS) is 21.6. The van der Waals surface area contributed by atoms with E-state index in [-0.39, 0.29) is 36.8 Å². The number of aliphatic hydroxyl groups excluding tert-OH is 2. The number of hydrogen-bond donors (Lipinski definition) is 8. The molecule has 3 amide bonds. The van der Waals surface area contributed by atoms with Crippen LogP contribution >= 0.6 is 0 Å². The molecule has 0 bridgehead atoms. The fourth-order valence-corrected chi connectivity index (χ4v) is 5.60. The second kappa shape index (κ2) is 14.2. The Balaban J connectivity index is 1.45. The van der Waals surface area contributed by atoms with Gasteiger partial charge in [-0.15, -0.1) is 0 Å². The third-order valence-electron chi connectivity index (χ3n) is 8.01. The van der Waals surface area contributed by atoms with Gasteiger partial charge < -0.3 is 46.6 Å². The molecule has 2 aliphatic rings. The molecule has 0 unspecified atom stereocenters. The van der Waals surface area contributed by atoms with Gasteiger partial charge in [0, 0.05) is 19.5 Å². The zero-order chi connectivity index (χ0) is 31.1. The highest BCUT2D eigenvalue weighted by atomic mass is 16.3. The van der Waals surface area contributed by atoms with Crippen LogP contribution in [0.2, 0.25) is 0 Å². The smallest absolute Gasteiger partial charge is 0.249 e. The van der Waals surface area contributed by atoms with Crippen LogP contribution in [0.25, 0.3) is 0 Å². The van der Waals surface area contributed by atoms with Gasteiger partial charge in [0.2, 0.25) is 17.7 Å². The van der Waals surface area contributed by atoms with Gasteiger partial charge in [-0.05, 0) is 73.9 Å². The summed E-state index contributed by atoms with van der Waals surface area (Å²) in [6.07, 6.45) is 0.0145. The molecular formula is C30H40N6O7. The second-order valence-electron chi connectivity index (χ2n) is 11.1. The number of carbonyl (C=O) groups is 3. The number of aryl methyl sites for hydroxylation is 1. The minimum Gasteiger partial charge on any atom is -0.508 e. The highest BCUT2D eigenvalue weighted by molar-refractivity contribution is 5.93. The number of carbonyl (C=O) groups excluding carboxylic acids is 3. The molecule has 2 aromatic carbocycles. The van der Waals surface area contributed by atoms with E-state index in [1.165, 1.54) is 34.1 Å². The number of phenolic OH excluding ortho intramolecular Hbond substituents is 2. The predicted molar refractivity (Wildman–Crippen MR) is 157 cm³/mol. The Kier molecular flexibility index (Phi) is 10.4. The summed E-state index contributed by atoms with van der Waals surface area (Å²) in [6.45, 7) is 0.686. The lowest BCUT2D eigenvalue weighted by atomic mass is 10.0. The van der Waals surface area contributed by atoms with Gasteiger partial charge in [-0.25, -0.2) is 0 Å². The number of nitrogens with one attached hydrogen (secondary N) is 3. The molecule has 2 aromatic rings. The van der Waals surface area contributed by atoms with Gasteiger partial charge in [0.15, 0.2) is 5.96 Å². The Bertz CT molecular complexity index is 1290. The molecule has 4 rings (SSSR count). The van der Waals surface area contributed by atoms with Crippen LogP contribution < -0.4 is 16.4 Å². The number of aliphatic hydroxyl groups is 2. The molecule has 2 fully saturated rings.